The van der Waals surface area contributed by atoms with Gasteiger partial charge in [0, 0.05) is 19.0 Å². The summed E-state index contributed by atoms with van der Waals surface area (Å²) in [5.41, 5.74) is 3.58. The molecule has 0 spiro atoms. The summed E-state index contributed by atoms with van der Waals surface area (Å²) in [7, 11) is 0. The zero-order valence-electron chi connectivity index (χ0n) is 19.9. The lowest BCUT2D eigenvalue weighted by Crippen LogP contribution is -2.49. The lowest BCUT2D eigenvalue weighted by atomic mass is 9.90. The Hall–Kier alpha value is -3.35. The van der Waals surface area contributed by atoms with E-state index in [0.717, 1.165) is 22.3 Å². The molecule has 2 aliphatic rings. The molecule has 1 aliphatic carbocycles. The molecule has 1 heterocycles. The second-order valence-corrected chi connectivity index (χ2v) is 10.0. The fraction of sp³-hybridized carbons (Fsp3) is 0.444. The number of alkyl carbamates (subject to hydrolysis) is 1. The van der Waals surface area contributed by atoms with Gasteiger partial charge in [-0.25, -0.2) is 4.79 Å². The fourth-order valence-corrected chi connectivity index (χ4v) is 5.02. The Morgan fingerprint density at radius 1 is 1.09 bits per heavy atom. The third-order valence-electron chi connectivity index (χ3n) is 6.94. The third kappa shape index (κ3) is 4.65. The zero-order chi connectivity index (χ0) is 24.5. The van der Waals surface area contributed by atoms with Crippen LogP contribution in [0.1, 0.15) is 50.7 Å². The monoisotopic (exact) mass is 464 g/mol. The average molecular weight is 465 g/mol. The van der Waals surface area contributed by atoms with E-state index in [2.05, 4.69) is 29.6 Å². The molecule has 2 atom stereocenters. The van der Waals surface area contributed by atoms with Crippen LogP contribution in [0.25, 0.3) is 11.1 Å². The van der Waals surface area contributed by atoms with Crippen LogP contribution in [0.4, 0.5) is 4.79 Å². The van der Waals surface area contributed by atoms with Crippen LogP contribution in [-0.4, -0.2) is 53.7 Å². The van der Waals surface area contributed by atoms with Crippen molar-refractivity contribution in [1.29, 1.82) is 0 Å². The van der Waals surface area contributed by atoms with E-state index >= 15 is 0 Å². The lowest BCUT2D eigenvalue weighted by molar-refractivity contribution is -0.147. The van der Waals surface area contributed by atoms with E-state index < -0.39 is 23.5 Å². The van der Waals surface area contributed by atoms with E-state index in [4.69, 9.17) is 4.74 Å². The first-order valence-corrected chi connectivity index (χ1v) is 11.8. The molecule has 2 amide bonds. The van der Waals surface area contributed by atoms with Crippen LogP contribution < -0.4 is 5.32 Å². The zero-order valence-corrected chi connectivity index (χ0v) is 19.9. The Morgan fingerprint density at radius 3 is 2.21 bits per heavy atom. The number of hydrogen-bond donors (Lipinski definition) is 2. The topological polar surface area (TPSA) is 95.9 Å². The van der Waals surface area contributed by atoms with E-state index in [9.17, 15) is 19.5 Å². The van der Waals surface area contributed by atoms with E-state index in [-0.39, 0.29) is 30.9 Å². The molecule has 0 aromatic heterocycles. The maximum Gasteiger partial charge on any atom is 0.407 e. The number of rotatable bonds is 7. The molecule has 7 heteroatoms. The summed E-state index contributed by atoms with van der Waals surface area (Å²) < 4.78 is 5.63. The van der Waals surface area contributed by atoms with Crippen LogP contribution in [0.2, 0.25) is 0 Å². The Balaban J connectivity index is 1.42. The van der Waals surface area contributed by atoms with Crippen molar-refractivity contribution in [3.63, 3.8) is 0 Å². The number of benzene rings is 2. The number of likely N-dealkylation sites (tertiary alicyclic amines) is 1. The molecule has 180 valence electrons. The van der Waals surface area contributed by atoms with Gasteiger partial charge in [0.1, 0.15) is 12.6 Å². The third-order valence-corrected chi connectivity index (χ3v) is 6.94. The van der Waals surface area contributed by atoms with Crippen molar-refractivity contribution in [2.45, 2.75) is 45.6 Å². The summed E-state index contributed by atoms with van der Waals surface area (Å²) >= 11 is 0. The molecule has 2 aromatic carbocycles. The van der Waals surface area contributed by atoms with Crippen LogP contribution in [0.5, 0.6) is 0 Å². The van der Waals surface area contributed by atoms with Gasteiger partial charge in [0.25, 0.3) is 0 Å². The van der Waals surface area contributed by atoms with Gasteiger partial charge in [-0.3, -0.25) is 9.59 Å². The van der Waals surface area contributed by atoms with Crippen LogP contribution in [0.15, 0.2) is 48.5 Å². The highest BCUT2D eigenvalue weighted by Gasteiger charge is 2.43. The maximum atomic E-state index is 13.2. The van der Waals surface area contributed by atoms with Crippen LogP contribution in [-0.2, 0) is 14.3 Å². The Kier molecular flexibility index (Phi) is 6.64. The number of hydrogen-bond acceptors (Lipinski definition) is 4. The minimum Gasteiger partial charge on any atom is -0.481 e. The van der Waals surface area contributed by atoms with Gasteiger partial charge in [0.2, 0.25) is 5.91 Å². The van der Waals surface area contributed by atoms with E-state index in [1.165, 1.54) is 0 Å². The summed E-state index contributed by atoms with van der Waals surface area (Å²) in [6, 6.07) is 15.5. The molecule has 0 bridgehead atoms. The number of aliphatic carboxylic acids is 1. The Labute approximate surface area is 200 Å². The number of carbonyl (C=O) groups excluding carboxylic acids is 2. The molecule has 1 fully saturated rings. The second-order valence-electron chi connectivity index (χ2n) is 10.0. The largest absolute Gasteiger partial charge is 0.481 e. The summed E-state index contributed by atoms with van der Waals surface area (Å²) in [5.74, 6) is -1.07. The number of fused-ring (bicyclic) bond motifs is 3. The first-order chi connectivity index (χ1) is 16.2. The molecule has 1 saturated heterocycles. The SMILES string of the molecule is CC(C)C[C@@H](NC(=O)OCC1c2ccccc2-c2ccccc21)C(=O)N1CCC(C)(C(=O)O)C1. The van der Waals surface area contributed by atoms with Crippen molar-refractivity contribution in [3.8, 4) is 11.1 Å². The first-order valence-electron chi connectivity index (χ1n) is 11.8. The van der Waals surface area contributed by atoms with Crippen molar-refractivity contribution in [2.24, 2.45) is 11.3 Å². The fourth-order valence-electron chi connectivity index (χ4n) is 5.02. The molecule has 34 heavy (non-hydrogen) atoms. The van der Waals surface area contributed by atoms with Gasteiger partial charge in [0.05, 0.1) is 5.41 Å². The molecule has 2 N–H and O–H groups in total. The van der Waals surface area contributed by atoms with Gasteiger partial charge >= 0.3 is 12.1 Å². The normalized spacial score (nSPS) is 20.1. The molecule has 2 aromatic rings. The summed E-state index contributed by atoms with van der Waals surface area (Å²) in [5, 5.41) is 12.2. The van der Waals surface area contributed by atoms with Crippen LogP contribution >= 0.6 is 0 Å². The Morgan fingerprint density at radius 2 is 1.68 bits per heavy atom. The minimum atomic E-state index is -0.957. The number of carboxylic acid groups (broad SMARTS) is 1. The number of amides is 2. The molecule has 4 rings (SSSR count). The standard InChI is InChI=1S/C27H32N2O5/c1-17(2)14-23(24(30)29-13-12-27(3,16-29)25(31)32)28-26(33)34-15-22-20-10-6-4-8-18(20)19-9-5-7-11-21(19)22/h4-11,17,22-23H,12-16H2,1-3H3,(H,28,33)(H,31,32)/t23-,27?/m1/s1. The van der Waals surface area contributed by atoms with Crippen molar-refractivity contribution in [3.05, 3.63) is 59.7 Å². The van der Waals surface area contributed by atoms with Gasteiger partial charge < -0.3 is 20.1 Å². The highest BCUT2D eigenvalue weighted by Crippen LogP contribution is 2.44. The van der Waals surface area contributed by atoms with Crippen molar-refractivity contribution in [1.82, 2.24) is 10.2 Å². The lowest BCUT2D eigenvalue weighted by Gasteiger charge is -2.26. The highest BCUT2D eigenvalue weighted by atomic mass is 16.5. The molecule has 7 nitrogen and oxygen atoms in total. The first kappa shape index (κ1) is 23.8. The number of nitrogens with zero attached hydrogens (tertiary/aromatic N) is 1. The van der Waals surface area contributed by atoms with Gasteiger partial charge in [0.15, 0.2) is 0 Å². The van der Waals surface area contributed by atoms with E-state index in [0.29, 0.717) is 19.4 Å². The van der Waals surface area contributed by atoms with Gasteiger partial charge in [-0.15, -0.1) is 0 Å². The quantitative estimate of drug-likeness (QED) is 0.638. The maximum absolute atomic E-state index is 13.2. The van der Waals surface area contributed by atoms with Gasteiger partial charge in [-0.1, -0.05) is 62.4 Å². The van der Waals surface area contributed by atoms with Crippen molar-refractivity contribution < 1.29 is 24.2 Å². The average Bonchev–Trinajstić information content (AvgIpc) is 3.36. The highest BCUT2D eigenvalue weighted by molar-refractivity contribution is 5.87. The molecule has 0 radical (unpaired) electrons. The number of carbonyl (C=O) groups is 3. The number of nitrogens with one attached hydrogen (secondary N) is 1. The van der Waals surface area contributed by atoms with Crippen LogP contribution in [0, 0.1) is 11.3 Å². The van der Waals surface area contributed by atoms with Crippen molar-refractivity contribution >= 4 is 18.0 Å². The van der Waals surface area contributed by atoms with E-state index in [1.807, 2.05) is 38.1 Å². The van der Waals surface area contributed by atoms with Crippen molar-refractivity contribution in [2.75, 3.05) is 19.7 Å². The number of carboxylic acids is 1. The minimum absolute atomic E-state index is 0.0627. The van der Waals surface area contributed by atoms with E-state index in [1.54, 1.807) is 11.8 Å². The summed E-state index contributed by atoms with van der Waals surface area (Å²) in [6.45, 7) is 6.28. The smallest absolute Gasteiger partial charge is 0.407 e. The van der Waals surface area contributed by atoms with Gasteiger partial charge in [-0.2, -0.15) is 0 Å². The molecule has 1 unspecified atom stereocenters. The second kappa shape index (κ2) is 9.49. The summed E-state index contributed by atoms with van der Waals surface area (Å²) in [6.07, 6.45) is 0.206. The predicted octanol–water partition coefficient (Wildman–Crippen LogP) is 4.26. The molecular weight excluding hydrogens is 432 g/mol. The summed E-state index contributed by atoms with van der Waals surface area (Å²) in [4.78, 5) is 39.1. The molecule has 1 aliphatic heterocycles. The van der Waals surface area contributed by atoms with Crippen LogP contribution in [0.3, 0.4) is 0 Å². The number of ether oxygens (including phenoxy) is 1. The molecular formula is C27H32N2O5. The Bertz CT molecular complexity index is 1050. The molecule has 0 saturated carbocycles. The van der Waals surface area contributed by atoms with Gasteiger partial charge in [-0.05, 0) is 47.9 Å². The predicted molar refractivity (Wildman–Crippen MR) is 128 cm³/mol.